The highest BCUT2D eigenvalue weighted by atomic mass is 28.4. The van der Waals surface area contributed by atoms with E-state index in [0.717, 1.165) is 12.8 Å². The molecule has 2 atom stereocenters. The van der Waals surface area contributed by atoms with E-state index < -0.39 is 19.3 Å². The van der Waals surface area contributed by atoms with Gasteiger partial charge in [0.25, 0.3) is 0 Å². The Morgan fingerprint density at radius 3 is 2.29 bits per heavy atom. The van der Waals surface area contributed by atoms with Crippen LogP contribution < -0.4 is 0 Å². The first-order chi connectivity index (χ1) is 7.71. The molecule has 0 radical (unpaired) electrons. The van der Waals surface area contributed by atoms with Gasteiger partial charge in [-0.25, -0.2) is 0 Å². The smallest absolute Gasteiger partial charge is 0.185 e. The number of carbonyl (C=O) groups is 2. The Hall–Kier alpha value is -0.483. The number of Topliss-reactive ketones (excluding diaryl/α,β-unsaturated/α-hetero) is 2. The maximum absolute atomic E-state index is 12.3. The van der Waals surface area contributed by atoms with Crippen LogP contribution >= 0.6 is 0 Å². The topological polar surface area (TPSA) is 43.4 Å². The zero-order chi connectivity index (χ0) is 12.9. The second-order valence-electron chi connectivity index (χ2n) is 6.57. The average Bonchev–Trinajstić information content (AvgIpc) is 2.42. The van der Waals surface area contributed by atoms with Crippen LogP contribution in [0.2, 0.25) is 19.6 Å². The molecule has 3 nitrogen and oxygen atoms in total. The predicted octanol–water partition coefficient (Wildman–Crippen LogP) is 2.70. The number of rotatable bonds is 2. The van der Waals surface area contributed by atoms with Crippen LogP contribution in [-0.4, -0.2) is 25.5 Å². The molecule has 0 unspecified atom stereocenters. The van der Waals surface area contributed by atoms with E-state index in [-0.39, 0.29) is 11.6 Å². The van der Waals surface area contributed by atoms with Crippen molar-refractivity contribution in [3.63, 3.8) is 0 Å². The molecule has 17 heavy (non-hydrogen) atoms. The molecule has 2 saturated carbocycles. The summed E-state index contributed by atoms with van der Waals surface area (Å²) in [7, 11) is -1.83. The molecule has 0 bridgehead atoms. The monoisotopic (exact) mass is 254 g/mol. The van der Waals surface area contributed by atoms with Crippen LogP contribution in [0, 0.1) is 5.41 Å². The van der Waals surface area contributed by atoms with E-state index >= 15 is 0 Å². The van der Waals surface area contributed by atoms with Gasteiger partial charge in [-0.3, -0.25) is 9.59 Å². The van der Waals surface area contributed by atoms with Crippen LogP contribution in [0.1, 0.15) is 39.0 Å². The van der Waals surface area contributed by atoms with Crippen molar-refractivity contribution in [2.75, 3.05) is 0 Å². The minimum absolute atomic E-state index is 0.162. The van der Waals surface area contributed by atoms with E-state index in [1.165, 1.54) is 0 Å². The van der Waals surface area contributed by atoms with Crippen molar-refractivity contribution in [3.05, 3.63) is 0 Å². The summed E-state index contributed by atoms with van der Waals surface area (Å²) in [5.41, 5.74) is -1.34. The molecule has 2 aliphatic rings. The Bertz CT molecular complexity index is 371. The van der Waals surface area contributed by atoms with Crippen LogP contribution in [-0.2, 0) is 14.0 Å². The van der Waals surface area contributed by atoms with Crippen molar-refractivity contribution in [2.45, 2.75) is 64.3 Å². The third kappa shape index (κ3) is 1.82. The molecular weight excluding hydrogens is 232 g/mol. The van der Waals surface area contributed by atoms with Gasteiger partial charge in [-0.15, -0.1) is 0 Å². The lowest BCUT2D eigenvalue weighted by Gasteiger charge is -2.47. The number of carbonyl (C=O) groups excluding carboxylic acids is 2. The van der Waals surface area contributed by atoms with E-state index in [0.29, 0.717) is 19.3 Å². The quantitative estimate of drug-likeness (QED) is 0.712. The summed E-state index contributed by atoms with van der Waals surface area (Å²) in [6.07, 6.45) is 3.32. The van der Waals surface area contributed by atoms with Gasteiger partial charge >= 0.3 is 0 Å². The average molecular weight is 254 g/mol. The minimum atomic E-state index is -1.83. The zero-order valence-corrected chi connectivity index (χ0v) is 12.3. The van der Waals surface area contributed by atoms with Crippen LogP contribution in [0.15, 0.2) is 0 Å². The van der Waals surface area contributed by atoms with Gasteiger partial charge in [0.05, 0.1) is 5.41 Å². The van der Waals surface area contributed by atoms with E-state index in [1.54, 1.807) is 0 Å². The zero-order valence-electron chi connectivity index (χ0n) is 11.3. The molecule has 0 saturated heterocycles. The molecule has 0 aliphatic heterocycles. The second kappa shape index (κ2) is 3.75. The second-order valence-corrected chi connectivity index (χ2v) is 11.0. The molecule has 0 aromatic carbocycles. The van der Waals surface area contributed by atoms with Crippen molar-refractivity contribution in [1.82, 2.24) is 0 Å². The fourth-order valence-corrected chi connectivity index (χ4v) is 4.86. The Labute approximate surface area is 104 Å². The highest BCUT2D eigenvalue weighted by molar-refractivity contribution is 6.70. The largest absolute Gasteiger partial charge is 0.404 e. The van der Waals surface area contributed by atoms with Crippen molar-refractivity contribution >= 4 is 19.9 Å². The number of hydrogen-bond acceptors (Lipinski definition) is 3. The predicted molar refractivity (Wildman–Crippen MR) is 68.4 cm³/mol. The summed E-state index contributed by atoms with van der Waals surface area (Å²) in [6.45, 7) is 8.21. The summed E-state index contributed by atoms with van der Waals surface area (Å²) in [6, 6.07) is 0. The van der Waals surface area contributed by atoms with Crippen molar-refractivity contribution in [1.29, 1.82) is 0 Å². The lowest BCUT2D eigenvalue weighted by atomic mass is 9.65. The van der Waals surface area contributed by atoms with E-state index in [9.17, 15) is 9.59 Å². The summed E-state index contributed by atoms with van der Waals surface area (Å²) < 4.78 is 6.24. The molecule has 0 N–H and O–H groups in total. The highest BCUT2D eigenvalue weighted by Gasteiger charge is 2.64. The molecule has 0 amide bonds. The van der Waals surface area contributed by atoms with Gasteiger partial charge in [0, 0.05) is 12.8 Å². The van der Waals surface area contributed by atoms with Crippen LogP contribution in [0.4, 0.5) is 0 Å². The standard InChI is InChI=1S/C13H22O3Si/c1-12-9-7-11(15)13(12,16-17(2,3)4)8-5-6-10(12)14/h5-9H2,1-4H3/t12-,13+/m0/s1. The number of hydrogen-bond donors (Lipinski definition) is 0. The van der Waals surface area contributed by atoms with Crippen LogP contribution in [0.25, 0.3) is 0 Å². The first-order valence-corrected chi connectivity index (χ1v) is 9.89. The molecule has 4 heteroatoms. The molecule has 0 spiro atoms. The van der Waals surface area contributed by atoms with Gasteiger partial charge < -0.3 is 4.43 Å². The van der Waals surface area contributed by atoms with E-state index in [1.807, 2.05) is 6.92 Å². The molecular formula is C13H22O3Si. The van der Waals surface area contributed by atoms with Gasteiger partial charge in [0.1, 0.15) is 11.4 Å². The van der Waals surface area contributed by atoms with Gasteiger partial charge in [-0.05, 0) is 45.8 Å². The van der Waals surface area contributed by atoms with Gasteiger partial charge in [-0.2, -0.15) is 0 Å². The molecule has 2 rings (SSSR count). The lowest BCUT2D eigenvalue weighted by molar-refractivity contribution is -0.156. The third-order valence-electron chi connectivity index (χ3n) is 4.22. The van der Waals surface area contributed by atoms with Gasteiger partial charge in [-0.1, -0.05) is 0 Å². The molecule has 96 valence electrons. The molecule has 0 aromatic rings. The normalized spacial score (nSPS) is 38.4. The Kier molecular flexibility index (Phi) is 2.86. The SMILES string of the molecule is C[C@@]12CCC(=O)[C@]1(O[Si](C)(C)C)CCCC2=O. The van der Waals surface area contributed by atoms with Crippen molar-refractivity contribution in [2.24, 2.45) is 5.41 Å². The number of fused-ring (bicyclic) bond motifs is 1. The lowest BCUT2D eigenvalue weighted by Crippen LogP contribution is -2.59. The van der Waals surface area contributed by atoms with E-state index in [4.69, 9.17) is 4.43 Å². The van der Waals surface area contributed by atoms with Crippen molar-refractivity contribution in [3.8, 4) is 0 Å². The van der Waals surface area contributed by atoms with E-state index in [2.05, 4.69) is 19.6 Å². The molecule has 0 heterocycles. The third-order valence-corrected chi connectivity index (χ3v) is 5.18. The first kappa shape index (κ1) is 13.0. The first-order valence-electron chi connectivity index (χ1n) is 6.48. The number of ketones is 2. The Balaban J connectivity index is 2.44. The minimum Gasteiger partial charge on any atom is -0.404 e. The molecule has 0 aromatic heterocycles. The summed E-state index contributed by atoms with van der Waals surface area (Å²) in [5.74, 6) is 0.392. The summed E-state index contributed by atoms with van der Waals surface area (Å²) >= 11 is 0. The molecule has 2 fully saturated rings. The van der Waals surface area contributed by atoms with Crippen LogP contribution in [0.3, 0.4) is 0 Å². The molecule has 2 aliphatic carbocycles. The fourth-order valence-electron chi connectivity index (χ4n) is 3.37. The Morgan fingerprint density at radius 2 is 1.71 bits per heavy atom. The van der Waals surface area contributed by atoms with Gasteiger partial charge in [0.2, 0.25) is 0 Å². The Morgan fingerprint density at radius 1 is 1.06 bits per heavy atom. The maximum Gasteiger partial charge on any atom is 0.185 e. The van der Waals surface area contributed by atoms with Crippen molar-refractivity contribution < 1.29 is 14.0 Å². The van der Waals surface area contributed by atoms with Gasteiger partial charge in [0.15, 0.2) is 14.1 Å². The maximum atomic E-state index is 12.3. The highest BCUT2D eigenvalue weighted by Crippen LogP contribution is 2.54. The summed E-state index contributed by atoms with van der Waals surface area (Å²) in [5, 5.41) is 0. The van der Waals surface area contributed by atoms with Crippen LogP contribution in [0.5, 0.6) is 0 Å². The fraction of sp³-hybridized carbons (Fsp3) is 0.846. The summed E-state index contributed by atoms with van der Waals surface area (Å²) in [4.78, 5) is 24.5.